The molecule has 47 heavy (non-hydrogen) atoms. The number of aromatic nitrogens is 4. The first-order valence-corrected chi connectivity index (χ1v) is 15.9. The molecule has 0 bridgehead atoms. The fourth-order valence-electron chi connectivity index (χ4n) is 7.26. The molecule has 4 heterocycles. The van der Waals surface area contributed by atoms with E-state index >= 15 is 0 Å². The van der Waals surface area contributed by atoms with E-state index in [0.29, 0.717) is 0 Å². The van der Waals surface area contributed by atoms with Crippen molar-refractivity contribution < 1.29 is 0 Å². The zero-order valence-corrected chi connectivity index (χ0v) is 25.3. The highest BCUT2D eigenvalue weighted by molar-refractivity contribution is 6.25. The SMILES string of the molecule is c1cc(-c2ccc(-n3c4ccccc4c4cccnc43)cc2)nc(-c2cccc(-c3ccc4ccc5cccc6ccc3c4c56)n2)c1. The molecule has 4 heteroatoms. The number of hydrogen-bond acceptors (Lipinski definition) is 3. The van der Waals surface area contributed by atoms with Gasteiger partial charge in [-0.1, -0.05) is 97.1 Å². The third kappa shape index (κ3) is 3.98. The second kappa shape index (κ2) is 10.1. The molecule has 0 atom stereocenters. The van der Waals surface area contributed by atoms with Gasteiger partial charge in [-0.25, -0.2) is 15.0 Å². The Bertz CT molecular complexity index is 2720. The van der Waals surface area contributed by atoms with Crippen LogP contribution in [0.4, 0.5) is 0 Å². The lowest BCUT2D eigenvalue weighted by molar-refractivity contribution is 1.13. The maximum Gasteiger partial charge on any atom is 0.145 e. The van der Waals surface area contributed by atoms with Crippen molar-refractivity contribution in [3.63, 3.8) is 0 Å². The molecule has 0 aliphatic rings. The average molecular weight is 599 g/mol. The highest BCUT2D eigenvalue weighted by Crippen LogP contribution is 2.39. The van der Waals surface area contributed by atoms with Crippen molar-refractivity contribution in [2.45, 2.75) is 0 Å². The van der Waals surface area contributed by atoms with Crippen LogP contribution in [0, 0.1) is 0 Å². The zero-order chi connectivity index (χ0) is 30.9. The van der Waals surface area contributed by atoms with Gasteiger partial charge in [0.2, 0.25) is 0 Å². The van der Waals surface area contributed by atoms with Gasteiger partial charge < -0.3 is 0 Å². The summed E-state index contributed by atoms with van der Waals surface area (Å²) in [6, 6.07) is 53.4. The van der Waals surface area contributed by atoms with E-state index in [2.05, 4.69) is 138 Å². The molecule has 0 saturated carbocycles. The number of fused-ring (bicyclic) bond motifs is 3. The minimum atomic E-state index is 0.845. The standard InChI is InChI=1S/C43H26N4/c1-2-15-40-33(9-1)35-10-6-26-44-43(35)47(40)31-22-18-27(19-23-31)36-11-4-13-38(45-36)39-14-5-12-37(46-39)32-24-20-30-17-16-28-7-3-8-29-21-25-34(32)42(30)41(28)29/h1-26H. The summed E-state index contributed by atoms with van der Waals surface area (Å²) in [5.41, 5.74) is 8.89. The van der Waals surface area contributed by atoms with Gasteiger partial charge in [0, 0.05) is 33.8 Å². The molecule has 0 unspecified atom stereocenters. The Labute approximate surface area is 270 Å². The fourth-order valence-corrected chi connectivity index (χ4v) is 7.26. The van der Waals surface area contributed by atoms with Crippen LogP contribution in [-0.2, 0) is 0 Å². The van der Waals surface area contributed by atoms with Crippen LogP contribution in [-0.4, -0.2) is 19.5 Å². The monoisotopic (exact) mass is 598 g/mol. The summed E-state index contributed by atoms with van der Waals surface area (Å²) in [5, 5.41) is 9.96. The first-order valence-electron chi connectivity index (χ1n) is 15.9. The van der Waals surface area contributed by atoms with Gasteiger partial charge in [0.15, 0.2) is 0 Å². The lowest BCUT2D eigenvalue weighted by atomic mass is 9.91. The topological polar surface area (TPSA) is 43.6 Å². The summed E-state index contributed by atoms with van der Waals surface area (Å²) < 4.78 is 2.23. The molecule has 10 rings (SSSR count). The van der Waals surface area contributed by atoms with Gasteiger partial charge in [-0.15, -0.1) is 0 Å². The fraction of sp³-hybridized carbons (Fsp3) is 0. The first-order chi connectivity index (χ1) is 23.3. The molecule has 0 N–H and O–H groups in total. The van der Waals surface area contributed by atoms with Crippen molar-refractivity contribution in [3.05, 3.63) is 158 Å². The second-order valence-corrected chi connectivity index (χ2v) is 12.1. The minimum absolute atomic E-state index is 0.845. The number of hydrogen-bond donors (Lipinski definition) is 0. The molecule has 0 saturated heterocycles. The van der Waals surface area contributed by atoms with Crippen molar-refractivity contribution in [3.8, 4) is 39.6 Å². The van der Waals surface area contributed by atoms with E-state index < -0.39 is 0 Å². The minimum Gasteiger partial charge on any atom is -0.294 e. The van der Waals surface area contributed by atoms with Gasteiger partial charge in [-0.3, -0.25) is 4.57 Å². The van der Waals surface area contributed by atoms with Crippen LogP contribution in [0.5, 0.6) is 0 Å². The lowest BCUT2D eigenvalue weighted by Crippen LogP contribution is -1.96. The number of para-hydroxylation sites is 1. The van der Waals surface area contributed by atoms with Gasteiger partial charge in [-0.2, -0.15) is 0 Å². The van der Waals surface area contributed by atoms with Crippen LogP contribution in [0.3, 0.4) is 0 Å². The molecule has 0 amide bonds. The Morgan fingerprint density at radius 2 is 1.04 bits per heavy atom. The van der Waals surface area contributed by atoms with E-state index in [-0.39, 0.29) is 0 Å². The Morgan fingerprint density at radius 3 is 1.87 bits per heavy atom. The van der Waals surface area contributed by atoms with Crippen LogP contribution in [0.2, 0.25) is 0 Å². The Balaban J connectivity index is 1.03. The van der Waals surface area contributed by atoms with Gasteiger partial charge in [0.05, 0.1) is 28.3 Å². The van der Waals surface area contributed by atoms with Crippen molar-refractivity contribution >= 4 is 54.3 Å². The van der Waals surface area contributed by atoms with Crippen LogP contribution in [0.25, 0.3) is 93.8 Å². The molecule has 0 aliphatic heterocycles. The van der Waals surface area contributed by atoms with Crippen molar-refractivity contribution in [2.75, 3.05) is 0 Å². The van der Waals surface area contributed by atoms with E-state index in [1.54, 1.807) is 0 Å². The number of nitrogens with zero attached hydrogens (tertiary/aromatic N) is 4. The third-order valence-corrected chi connectivity index (χ3v) is 9.42. The van der Waals surface area contributed by atoms with Crippen LogP contribution < -0.4 is 0 Å². The van der Waals surface area contributed by atoms with Crippen LogP contribution in [0.15, 0.2) is 158 Å². The summed E-state index contributed by atoms with van der Waals surface area (Å²) in [6.45, 7) is 0. The Hall–Kier alpha value is -6.39. The highest BCUT2D eigenvalue weighted by Gasteiger charge is 2.15. The Kier molecular flexibility index (Phi) is 5.54. The molecule has 0 fully saturated rings. The quantitative estimate of drug-likeness (QED) is 0.189. The lowest BCUT2D eigenvalue weighted by Gasteiger charge is -2.14. The molecular formula is C43H26N4. The average Bonchev–Trinajstić information content (AvgIpc) is 3.48. The number of benzene rings is 6. The van der Waals surface area contributed by atoms with Crippen LogP contribution >= 0.6 is 0 Å². The largest absolute Gasteiger partial charge is 0.294 e. The van der Waals surface area contributed by atoms with Gasteiger partial charge in [-0.05, 0) is 86.9 Å². The summed E-state index contributed by atoms with van der Waals surface area (Å²) in [4.78, 5) is 15.0. The van der Waals surface area contributed by atoms with Crippen molar-refractivity contribution in [1.82, 2.24) is 19.5 Å². The molecule has 0 radical (unpaired) electrons. The van der Waals surface area contributed by atoms with Crippen molar-refractivity contribution in [2.24, 2.45) is 0 Å². The second-order valence-electron chi connectivity index (χ2n) is 12.1. The maximum absolute atomic E-state index is 5.16. The molecular weight excluding hydrogens is 573 g/mol. The molecule has 4 nitrogen and oxygen atoms in total. The summed E-state index contributed by atoms with van der Waals surface area (Å²) in [6.07, 6.45) is 1.86. The summed E-state index contributed by atoms with van der Waals surface area (Å²) in [7, 11) is 0. The number of rotatable bonds is 4. The predicted octanol–water partition coefficient (Wildman–Crippen LogP) is 10.9. The number of pyridine rings is 3. The van der Waals surface area contributed by atoms with Gasteiger partial charge in [0.1, 0.15) is 5.65 Å². The summed E-state index contributed by atoms with van der Waals surface area (Å²) in [5.74, 6) is 0. The smallest absolute Gasteiger partial charge is 0.145 e. The molecule has 10 aromatic rings. The summed E-state index contributed by atoms with van der Waals surface area (Å²) >= 11 is 0. The molecule has 4 aromatic heterocycles. The molecule has 6 aromatic carbocycles. The van der Waals surface area contributed by atoms with E-state index in [9.17, 15) is 0 Å². The van der Waals surface area contributed by atoms with E-state index in [0.717, 1.165) is 56.1 Å². The van der Waals surface area contributed by atoms with E-state index in [1.807, 2.05) is 24.4 Å². The maximum atomic E-state index is 5.16. The first kappa shape index (κ1) is 25.9. The van der Waals surface area contributed by atoms with E-state index in [1.165, 1.54) is 37.7 Å². The van der Waals surface area contributed by atoms with E-state index in [4.69, 9.17) is 15.0 Å². The molecule has 218 valence electrons. The molecule has 0 spiro atoms. The normalized spacial score (nSPS) is 11.8. The Morgan fingerprint density at radius 1 is 0.404 bits per heavy atom. The van der Waals surface area contributed by atoms with Crippen LogP contribution in [0.1, 0.15) is 0 Å². The van der Waals surface area contributed by atoms with Gasteiger partial charge in [0.25, 0.3) is 0 Å². The molecule has 0 aliphatic carbocycles. The third-order valence-electron chi connectivity index (χ3n) is 9.42. The van der Waals surface area contributed by atoms with Gasteiger partial charge >= 0.3 is 0 Å². The predicted molar refractivity (Wildman–Crippen MR) is 194 cm³/mol. The highest BCUT2D eigenvalue weighted by atomic mass is 15.0. The van der Waals surface area contributed by atoms with Crippen molar-refractivity contribution in [1.29, 1.82) is 0 Å². The zero-order valence-electron chi connectivity index (χ0n) is 25.3.